The van der Waals surface area contributed by atoms with Gasteiger partial charge in [-0.2, -0.15) is 0 Å². The molecule has 3 heterocycles. The highest BCUT2D eigenvalue weighted by Crippen LogP contribution is 2.33. The lowest BCUT2D eigenvalue weighted by molar-refractivity contribution is 0.0336. The maximum atomic E-state index is 14.8. The van der Waals surface area contributed by atoms with Gasteiger partial charge < -0.3 is 14.8 Å². The number of guanidine groups is 1. The van der Waals surface area contributed by atoms with Crippen molar-refractivity contribution in [3.8, 4) is 22.4 Å². The largest absolute Gasteiger partial charge is 0.450 e. The van der Waals surface area contributed by atoms with E-state index in [4.69, 9.17) is 9.47 Å². The van der Waals surface area contributed by atoms with Gasteiger partial charge in [0, 0.05) is 50.2 Å². The summed E-state index contributed by atoms with van der Waals surface area (Å²) in [6, 6.07) is 12.4. The maximum absolute atomic E-state index is 14.8. The topological polar surface area (TPSA) is 101 Å². The summed E-state index contributed by atoms with van der Waals surface area (Å²) in [5.41, 5.74) is 3.91. The first-order valence-electron chi connectivity index (χ1n) is 11.7. The van der Waals surface area contributed by atoms with Crippen LogP contribution in [0.2, 0.25) is 0 Å². The molecule has 9 nitrogen and oxygen atoms in total. The zero-order chi connectivity index (χ0) is 25.3. The normalized spacial score (nSPS) is 14.4. The smallest absolute Gasteiger partial charge is 0.413 e. The van der Waals surface area contributed by atoms with E-state index in [1.54, 1.807) is 13.0 Å². The molecule has 1 aromatic carbocycles. The van der Waals surface area contributed by atoms with Gasteiger partial charge in [0.25, 0.3) is 0 Å². The number of halogens is 1. The zero-order valence-electron chi connectivity index (χ0n) is 20.3. The number of hydrogen-bond donors (Lipinski definition) is 2. The van der Waals surface area contributed by atoms with Gasteiger partial charge in [-0.25, -0.2) is 9.18 Å². The van der Waals surface area contributed by atoms with Crippen molar-refractivity contribution in [2.45, 2.75) is 13.5 Å². The molecule has 0 saturated carbocycles. The summed E-state index contributed by atoms with van der Waals surface area (Å²) in [7, 11) is 1.52. The van der Waals surface area contributed by atoms with Crippen LogP contribution in [0.4, 0.5) is 14.9 Å². The fourth-order valence-corrected chi connectivity index (χ4v) is 3.82. The van der Waals surface area contributed by atoms with Crippen molar-refractivity contribution in [1.29, 1.82) is 0 Å². The number of aliphatic imine (C=N–C) groups is 1. The lowest BCUT2D eigenvalue weighted by Crippen LogP contribution is -2.36. The highest BCUT2D eigenvalue weighted by Gasteiger charge is 2.16. The van der Waals surface area contributed by atoms with Gasteiger partial charge in [-0.05, 0) is 42.8 Å². The first-order valence-corrected chi connectivity index (χ1v) is 11.7. The number of nitrogens with zero attached hydrogens (tertiary/aromatic N) is 4. The number of aromatic nitrogens is 2. The van der Waals surface area contributed by atoms with E-state index >= 15 is 0 Å². The van der Waals surface area contributed by atoms with Crippen LogP contribution in [-0.4, -0.2) is 66.9 Å². The third-order valence-electron chi connectivity index (χ3n) is 5.65. The van der Waals surface area contributed by atoms with Crippen LogP contribution in [0.5, 0.6) is 0 Å². The number of nitrogens with one attached hydrogen (secondary N) is 2. The summed E-state index contributed by atoms with van der Waals surface area (Å²) in [5.74, 6) is -0.307. The number of pyridine rings is 2. The Morgan fingerprint density at radius 1 is 1.17 bits per heavy atom. The molecule has 0 unspecified atom stereocenters. The highest BCUT2D eigenvalue weighted by molar-refractivity contribution is 6.04. The molecule has 188 valence electrons. The number of alkyl carbamates (subject to hydrolysis) is 1. The molecule has 0 aliphatic carbocycles. The molecule has 3 aromatic rings. The molecule has 0 bridgehead atoms. The molecule has 10 heteroatoms. The van der Waals surface area contributed by atoms with Crippen LogP contribution in [0, 0.1) is 5.82 Å². The third-order valence-corrected chi connectivity index (χ3v) is 5.65. The van der Waals surface area contributed by atoms with E-state index in [1.165, 1.54) is 25.4 Å². The van der Waals surface area contributed by atoms with Crippen molar-refractivity contribution >= 4 is 17.7 Å². The van der Waals surface area contributed by atoms with Crippen LogP contribution in [0.1, 0.15) is 12.6 Å². The van der Waals surface area contributed by atoms with Crippen LogP contribution in [0.25, 0.3) is 22.4 Å². The highest BCUT2D eigenvalue weighted by atomic mass is 19.1. The number of morpholine rings is 1. The summed E-state index contributed by atoms with van der Waals surface area (Å²) < 4.78 is 25.1. The van der Waals surface area contributed by atoms with Crippen LogP contribution >= 0.6 is 0 Å². The minimum Gasteiger partial charge on any atom is -0.450 e. The molecular formula is C26H29FN6O3. The molecule has 1 aliphatic heterocycles. The summed E-state index contributed by atoms with van der Waals surface area (Å²) in [6.07, 6.45) is 2.71. The number of anilines is 1. The molecule has 2 N–H and O–H groups in total. The predicted octanol–water partition coefficient (Wildman–Crippen LogP) is 3.93. The second-order valence-electron chi connectivity index (χ2n) is 8.06. The van der Waals surface area contributed by atoms with E-state index in [0.29, 0.717) is 11.3 Å². The Balaban J connectivity index is 1.61. The molecule has 1 amide bonds. The predicted molar refractivity (Wildman–Crippen MR) is 136 cm³/mol. The van der Waals surface area contributed by atoms with Crippen molar-refractivity contribution in [1.82, 2.24) is 20.2 Å². The maximum Gasteiger partial charge on any atom is 0.413 e. The Morgan fingerprint density at radius 3 is 2.67 bits per heavy atom. The van der Waals surface area contributed by atoms with Crippen molar-refractivity contribution in [2.24, 2.45) is 4.99 Å². The van der Waals surface area contributed by atoms with Crippen LogP contribution < -0.4 is 10.6 Å². The Labute approximate surface area is 209 Å². The Bertz CT molecular complexity index is 1210. The van der Waals surface area contributed by atoms with Gasteiger partial charge in [0.15, 0.2) is 0 Å². The Kier molecular flexibility index (Phi) is 8.53. The molecule has 4 rings (SSSR count). The summed E-state index contributed by atoms with van der Waals surface area (Å²) >= 11 is 0. The standard InChI is InChI=1S/C26H29FN6O3/c1-3-36-26(34)32-25(28-2)31-23-9-7-18(15-21(23)24-22(27)5-4-10-29-24)19-6-8-20(30-16-19)17-33-11-13-35-14-12-33/h4-10,15-16H,3,11-14,17H2,1-2H3,(H2,28,31,32,34). The summed E-state index contributed by atoms with van der Waals surface area (Å²) in [5, 5.41) is 5.58. The Hall–Kier alpha value is -3.89. The average molecular weight is 493 g/mol. The van der Waals surface area contributed by atoms with Gasteiger partial charge in [-0.1, -0.05) is 12.1 Å². The van der Waals surface area contributed by atoms with Gasteiger partial charge in [-0.3, -0.25) is 25.2 Å². The van der Waals surface area contributed by atoms with E-state index in [0.717, 1.165) is 49.7 Å². The molecule has 0 radical (unpaired) electrons. The number of rotatable bonds is 6. The summed E-state index contributed by atoms with van der Waals surface area (Å²) in [6.45, 7) is 5.97. The van der Waals surface area contributed by atoms with Crippen molar-refractivity contribution in [2.75, 3.05) is 45.3 Å². The van der Waals surface area contributed by atoms with Gasteiger partial charge in [0.1, 0.15) is 11.5 Å². The first kappa shape index (κ1) is 25.2. The number of carbonyl (C=O) groups excluding carboxylic acids is 1. The van der Waals surface area contributed by atoms with Gasteiger partial charge >= 0.3 is 6.09 Å². The van der Waals surface area contributed by atoms with E-state index in [-0.39, 0.29) is 18.3 Å². The molecule has 1 fully saturated rings. The molecule has 1 aliphatic rings. The molecule has 1 saturated heterocycles. The van der Waals surface area contributed by atoms with Crippen molar-refractivity contribution in [3.05, 3.63) is 66.4 Å². The number of benzene rings is 1. The lowest BCUT2D eigenvalue weighted by Gasteiger charge is -2.26. The number of hydrogen-bond acceptors (Lipinski definition) is 7. The average Bonchev–Trinajstić information content (AvgIpc) is 2.90. The lowest BCUT2D eigenvalue weighted by atomic mass is 10.0. The molecular weight excluding hydrogens is 463 g/mol. The van der Waals surface area contributed by atoms with E-state index in [1.807, 2.05) is 30.5 Å². The Morgan fingerprint density at radius 2 is 1.97 bits per heavy atom. The van der Waals surface area contributed by atoms with Crippen molar-refractivity contribution in [3.63, 3.8) is 0 Å². The van der Waals surface area contributed by atoms with Gasteiger partial charge in [-0.15, -0.1) is 0 Å². The monoisotopic (exact) mass is 492 g/mol. The second kappa shape index (κ2) is 12.2. The van der Waals surface area contributed by atoms with E-state index in [2.05, 4.69) is 30.5 Å². The van der Waals surface area contributed by atoms with Crippen LogP contribution in [0.3, 0.4) is 0 Å². The quantitative estimate of drug-likeness (QED) is 0.397. The van der Waals surface area contributed by atoms with Crippen LogP contribution in [-0.2, 0) is 16.0 Å². The molecule has 0 atom stereocenters. The first-order chi connectivity index (χ1) is 17.6. The number of amides is 1. The SMILES string of the molecule is CCOC(=O)NC(=NC)Nc1ccc(-c2ccc(CN3CCOCC3)nc2)cc1-c1ncccc1F. The van der Waals surface area contributed by atoms with E-state index in [9.17, 15) is 9.18 Å². The van der Waals surface area contributed by atoms with E-state index < -0.39 is 11.9 Å². The summed E-state index contributed by atoms with van der Waals surface area (Å²) in [4.78, 5) is 27.1. The molecule has 36 heavy (non-hydrogen) atoms. The molecule has 0 spiro atoms. The minimum atomic E-state index is -0.643. The van der Waals surface area contributed by atoms with Gasteiger partial charge in [0.2, 0.25) is 5.96 Å². The zero-order valence-corrected chi connectivity index (χ0v) is 20.3. The third kappa shape index (κ3) is 6.41. The fraction of sp³-hybridized carbons (Fsp3) is 0.308. The van der Waals surface area contributed by atoms with Crippen molar-refractivity contribution < 1.29 is 18.7 Å². The fourth-order valence-electron chi connectivity index (χ4n) is 3.82. The molecule has 2 aromatic heterocycles. The van der Waals surface area contributed by atoms with Crippen LogP contribution in [0.15, 0.2) is 59.9 Å². The minimum absolute atomic E-state index is 0.160. The number of carbonyl (C=O) groups is 1. The number of ether oxygens (including phenoxy) is 2. The second-order valence-corrected chi connectivity index (χ2v) is 8.06. The van der Waals surface area contributed by atoms with Gasteiger partial charge in [0.05, 0.1) is 31.2 Å².